The quantitative estimate of drug-likeness (QED) is 0.145. The van der Waals surface area contributed by atoms with E-state index in [1.165, 1.54) is 18.9 Å². The second kappa shape index (κ2) is 13.2. The Bertz CT molecular complexity index is 1430. The minimum Gasteiger partial charge on any atom is -0.462 e. The lowest BCUT2D eigenvalue weighted by molar-refractivity contribution is -0.141. The van der Waals surface area contributed by atoms with Gasteiger partial charge in [-0.15, -0.1) is 0 Å². The second-order valence-corrected chi connectivity index (χ2v) is 15.6. The Morgan fingerprint density at radius 1 is 0.660 bits per heavy atom. The standard InChI is InChI=1S/C39H48O8/c1-4-36(40)44-17-22-8-30-27-14-29(33(16-27)34(30)10-22)20-47-39(43)25-7-5-6-24(12-25)38(42)45-18-23-9-31-26-13-28(19-46-37(41)21(2)3)32(15-26)35(31)11-23/h4-7,12,22-23,26-35H,1-2,8-11,13-20H2,3H3/t22?,23?,26-,27-,28?,29?,30-,31?,32?,33?,34?,35?/m1/s1. The molecular weight excluding hydrogens is 596 g/mol. The van der Waals surface area contributed by atoms with E-state index in [0.29, 0.717) is 114 Å². The number of hydrogen-bond donors (Lipinski definition) is 0. The first-order valence-electron chi connectivity index (χ1n) is 17.7. The van der Waals surface area contributed by atoms with Gasteiger partial charge >= 0.3 is 23.9 Å². The molecule has 6 aliphatic rings. The lowest BCUT2D eigenvalue weighted by Crippen LogP contribution is -2.28. The Morgan fingerprint density at radius 3 is 1.68 bits per heavy atom. The fourth-order valence-corrected chi connectivity index (χ4v) is 11.2. The van der Waals surface area contributed by atoms with Gasteiger partial charge in [-0.25, -0.2) is 19.2 Å². The smallest absolute Gasteiger partial charge is 0.338 e. The van der Waals surface area contributed by atoms with Crippen molar-refractivity contribution < 1.29 is 38.1 Å². The van der Waals surface area contributed by atoms with Crippen LogP contribution in [0.1, 0.15) is 79.0 Å². The monoisotopic (exact) mass is 644 g/mol. The maximum atomic E-state index is 13.1. The number of fused-ring (bicyclic) bond motifs is 10. The van der Waals surface area contributed by atoms with Gasteiger partial charge in [-0.05, 0) is 148 Å². The predicted molar refractivity (Wildman–Crippen MR) is 173 cm³/mol. The number of rotatable bonds is 12. The zero-order valence-electron chi connectivity index (χ0n) is 27.5. The molecule has 9 unspecified atom stereocenters. The zero-order chi connectivity index (χ0) is 32.8. The Hall–Kier alpha value is -3.42. The highest BCUT2D eigenvalue weighted by atomic mass is 16.5. The summed E-state index contributed by atoms with van der Waals surface area (Å²) in [7, 11) is 0. The Balaban J connectivity index is 0.857. The summed E-state index contributed by atoms with van der Waals surface area (Å²) in [5.74, 6) is 5.11. The molecular formula is C39H48O8. The summed E-state index contributed by atoms with van der Waals surface area (Å²) >= 11 is 0. The molecule has 1 aromatic rings. The van der Waals surface area contributed by atoms with E-state index >= 15 is 0 Å². The number of hydrogen-bond acceptors (Lipinski definition) is 8. The fraction of sp³-hybridized carbons (Fsp3) is 0.641. The molecule has 6 fully saturated rings. The second-order valence-electron chi connectivity index (χ2n) is 15.6. The molecule has 6 saturated carbocycles. The third kappa shape index (κ3) is 6.41. The van der Waals surface area contributed by atoms with E-state index in [0.717, 1.165) is 38.5 Å². The molecule has 252 valence electrons. The molecule has 1 aromatic carbocycles. The van der Waals surface area contributed by atoms with Crippen molar-refractivity contribution in [2.75, 3.05) is 26.4 Å². The fourth-order valence-electron chi connectivity index (χ4n) is 11.2. The summed E-state index contributed by atoms with van der Waals surface area (Å²) < 4.78 is 22.4. The van der Waals surface area contributed by atoms with Crippen molar-refractivity contribution in [2.45, 2.75) is 58.3 Å². The highest BCUT2D eigenvalue weighted by molar-refractivity contribution is 5.95. The largest absolute Gasteiger partial charge is 0.462 e. The van der Waals surface area contributed by atoms with Crippen molar-refractivity contribution in [3.8, 4) is 0 Å². The van der Waals surface area contributed by atoms with Gasteiger partial charge in [-0.3, -0.25) is 0 Å². The maximum Gasteiger partial charge on any atom is 0.338 e. The minimum absolute atomic E-state index is 0.304. The third-order valence-corrected chi connectivity index (χ3v) is 13.0. The number of ether oxygens (including phenoxy) is 4. The van der Waals surface area contributed by atoms with Gasteiger partial charge in [-0.2, -0.15) is 0 Å². The molecule has 4 bridgehead atoms. The third-order valence-electron chi connectivity index (χ3n) is 13.0. The molecule has 8 heteroatoms. The molecule has 0 heterocycles. The minimum atomic E-state index is -0.405. The van der Waals surface area contributed by atoms with Crippen LogP contribution in [0.2, 0.25) is 0 Å². The van der Waals surface area contributed by atoms with Crippen LogP contribution < -0.4 is 0 Å². The van der Waals surface area contributed by atoms with Crippen molar-refractivity contribution in [2.24, 2.45) is 71.0 Å². The number of benzene rings is 1. The Morgan fingerprint density at radius 2 is 1.15 bits per heavy atom. The molecule has 0 aromatic heterocycles. The zero-order valence-corrected chi connectivity index (χ0v) is 27.5. The van der Waals surface area contributed by atoms with Gasteiger partial charge in [0.05, 0.1) is 37.6 Å². The molecule has 0 aliphatic heterocycles. The van der Waals surface area contributed by atoms with Crippen molar-refractivity contribution in [1.82, 2.24) is 0 Å². The lowest BCUT2D eigenvalue weighted by atomic mass is 9.76. The summed E-state index contributed by atoms with van der Waals surface area (Å²) in [6.45, 7) is 10.6. The van der Waals surface area contributed by atoms with Crippen molar-refractivity contribution in [1.29, 1.82) is 0 Å². The van der Waals surface area contributed by atoms with Gasteiger partial charge in [0.2, 0.25) is 0 Å². The number of esters is 4. The highest BCUT2D eigenvalue weighted by Gasteiger charge is 2.57. The van der Waals surface area contributed by atoms with Gasteiger partial charge in [0.15, 0.2) is 0 Å². The van der Waals surface area contributed by atoms with Crippen molar-refractivity contribution in [3.63, 3.8) is 0 Å². The van der Waals surface area contributed by atoms with Crippen LogP contribution >= 0.6 is 0 Å². The molecule has 0 N–H and O–H groups in total. The predicted octanol–water partition coefficient (Wildman–Crippen LogP) is 6.45. The first-order valence-corrected chi connectivity index (χ1v) is 17.7. The Kier molecular flexibility index (Phi) is 9.05. The number of carbonyl (C=O) groups is 4. The van der Waals surface area contributed by atoms with Gasteiger partial charge < -0.3 is 18.9 Å². The molecule has 7 rings (SSSR count). The van der Waals surface area contributed by atoms with Crippen LogP contribution in [-0.2, 0) is 28.5 Å². The summed E-state index contributed by atoms with van der Waals surface area (Å²) in [4.78, 5) is 49.5. The topological polar surface area (TPSA) is 105 Å². The van der Waals surface area contributed by atoms with E-state index in [2.05, 4.69) is 13.2 Å². The van der Waals surface area contributed by atoms with Gasteiger partial charge in [0, 0.05) is 11.6 Å². The molecule has 8 nitrogen and oxygen atoms in total. The van der Waals surface area contributed by atoms with Crippen LogP contribution in [0.5, 0.6) is 0 Å². The van der Waals surface area contributed by atoms with Gasteiger partial charge in [0.1, 0.15) is 0 Å². The molecule has 6 aliphatic carbocycles. The Labute approximate surface area is 277 Å². The van der Waals surface area contributed by atoms with Crippen LogP contribution in [0.3, 0.4) is 0 Å². The summed E-state index contributed by atoms with van der Waals surface area (Å²) in [6.07, 6.45) is 10.2. The summed E-state index contributed by atoms with van der Waals surface area (Å²) in [5, 5.41) is 0. The average Bonchev–Trinajstić information content (AvgIpc) is 3.91. The highest BCUT2D eigenvalue weighted by Crippen LogP contribution is 2.63. The lowest BCUT2D eigenvalue weighted by Gasteiger charge is -2.31. The van der Waals surface area contributed by atoms with Gasteiger partial charge in [0.25, 0.3) is 0 Å². The SMILES string of the molecule is C=CC(=O)OCC1CC2C3C[C@@H](CC3COC(=O)c3cccc(C(=O)OCC4CC5C6C[C@@H](CC6COC(=O)C(=C)C)C5C4)c3)[C@H]2C1. The van der Waals surface area contributed by atoms with Crippen LogP contribution in [0.25, 0.3) is 0 Å². The first-order chi connectivity index (χ1) is 22.7. The van der Waals surface area contributed by atoms with E-state index in [9.17, 15) is 19.2 Å². The van der Waals surface area contributed by atoms with Crippen LogP contribution in [0.15, 0.2) is 49.1 Å². The van der Waals surface area contributed by atoms with Crippen molar-refractivity contribution >= 4 is 23.9 Å². The molecule has 0 radical (unpaired) electrons. The summed E-state index contributed by atoms with van der Waals surface area (Å²) in [5.41, 5.74) is 1.18. The van der Waals surface area contributed by atoms with Gasteiger partial charge in [-0.1, -0.05) is 19.2 Å². The van der Waals surface area contributed by atoms with E-state index in [1.807, 2.05) is 0 Å². The van der Waals surface area contributed by atoms with E-state index in [-0.39, 0.29) is 11.9 Å². The van der Waals surface area contributed by atoms with Crippen molar-refractivity contribution in [3.05, 3.63) is 60.2 Å². The van der Waals surface area contributed by atoms with Crippen LogP contribution in [-0.4, -0.2) is 50.3 Å². The van der Waals surface area contributed by atoms with E-state index in [1.54, 1.807) is 31.2 Å². The molecule has 0 amide bonds. The molecule has 0 saturated heterocycles. The molecule has 0 spiro atoms. The molecule has 47 heavy (non-hydrogen) atoms. The molecule has 12 atom stereocenters. The maximum absolute atomic E-state index is 13.1. The van der Waals surface area contributed by atoms with E-state index < -0.39 is 11.9 Å². The van der Waals surface area contributed by atoms with Crippen LogP contribution in [0, 0.1) is 71.0 Å². The van der Waals surface area contributed by atoms with E-state index in [4.69, 9.17) is 18.9 Å². The summed E-state index contributed by atoms with van der Waals surface area (Å²) in [6, 6.07) is 6.69. The average molecular weight is 645 g/mol. The first kappa shape index (κ1) is 32.1. The number of carbonyl (C=O) groups excluding carboxylic acids is 4. The normalized spacial score (nSPS) is 37.2. The van der Waals surface area contributed by atoms with Crippen LogP contribution in [0.4, 0.5) is 0 Å².